The molecule has 3 N–H and O–H groups in total. The van der Waals surface area contributed by atoms with E-state index in [0.717, 1.165) is 56.6 Å². The molecule has 0 radical (unpaired) electrons. The number of amides is 1. The smallest absolute Gasteiger partial charge is 0.227 e. The number of nitrogens with two attached hydrogens (primary N) is 1. The van der Waals surface area contributed by atoms with Crippen molar-refractivity contribution in [1.82, 2.24) is 0 Å². The standard InChI is InChI=1S/C16H22N2O2/c17-13-5-1-3-12(9-13)16(19)18-14-6-7-15-11(10-14)4-2-8-20-15/h6-7,10,12-13H,1-5,8-9,17H2,(H,18,19). The first-order valence-corrected chi connectivity index (χ1v) is 7.54. The first kappa shape index (κ1) is 13.4. The van der Waals surface area contributed by atoms with E-state index in [1.807, 2.05) is 18.2 Å². The van der Waals surface area contributed by atoms with Crippen LogP contribution in [0, 0.1) is 5.92 Å². The van der Waals surface area contributed by atoms with Gasteiger partial charge in [0.05, 0.1) is 6.61 Å². The largest absolute Gasteiger partial charge is 0.493 e. The molecule has 1 aliphatic heterocycles. The van der Waals surface area contributed by atoms with Crippen LogP contribution in [0.3, 0.4) is 0 Å². The highest BCUT2D eigenvalue weighted by molar-refractivity contribution is 5.92. The maximum Gasteiger partial charge on any atom is 0.227 e. The van der Waals surface area contributed by atoms with Crippen LogP contribution >= 0.6 is 0 Å². The van der Waals surface area contributed by atoms with Gasteiger partial charge in [0.2, 0.25) is 5.91 Å². The van der Waals surface area contributed by atoms with Crippen LogP contribution in [-0.4, -0.2) is 18.6 Å². The van der Waals surface area contributed by atoms with Crippen molar-refractivity contribution >= 4 is 11.6 Å². The minimum Gasteiger partial charge on any atom is -0.493 e. The fraction of sp³-hybridized carbons (Fsp3) is 0.562. The number of anilines is 1. The van der Waals surface area contributed by atoms with Crippen molar-refractivity contribution in [2.24, 2.45) is 11.7 Å². The molecule has 1 amide bonds. The Kier molecular flexibility index (Phi) is 3.92. The molecular weight excluding hydrogens is 252 g/mol. The van der Waals surface area contributed by atoms with Gasteiger partial charge < -0.3 is 15.8 Å². The molecule has 1 aromatic rings. The van der Waals surface area contributed by atoms with Gasteiger partial charge >= 0.3 is 0 Å². The average molecular weight is 274 g/mol. The highest BCUT2D eigenvalue weighted by Crippen LogP contribution is 2.29. The number of carbonyl (C=O) groups excluding carboxylic acids is 1. The Morgan fingerprint density at radius 3 is 3.05 bits per heavy atom. The van der Waals surface area contributed by atoms with Crippen molar-refractivity contribution in [3.63, 3.8) is 0 Å². The van der Waals surface area contributed by atoms with Gasteiger partial charge in [-0.25, -0.2) is 0 Å². The summed E-state index contributed by atoms with van der Waals surface area (Å²) in [6, 6.07) is 6.09. The highest BCUT2D eigenvalue weighted by Gasteiger charge is 2.25. The molecule has 108 valence electrons. The molecule has 2 aliphatic rings. The second kappa shape index (κ2) is 5.83. The fourth-order valence-corrected chi connectivity index (χ4v) is 3.15. The number of rotatable bonds is 2. The number of ether oxygens (including phenoxy) is 1. The first-order valence-electron chi connectivity index (χ1n) is 7.54. The van der Waals surface area contributed by atoms with E-state index in [1.165, 1.54) is 5.56 Å². The number of hydrogen-bond acceptors (Lipinski definition) is 3. The zero-order valence-corrected chi connectivity index (χ0v) is 11.7. The van der Waals surface area contributed by atoms with E-state index < -0.39 is 0 Å². The fourth-order valence-electron chi connectivity index (χ4n) is 3.15. The van der Waals surface area contributed by atoms with Crippen LogP contribution in [0.25, 0.3) is 0 Å². The Hall–Kier alpha value is -1.55. The third-order valence-electron chi connectivity index (χ3n) is 4.26. The molecule has 3 rings (SSSR count). The third kappa shape index (κ3) is 2.96. The number of hydrogen-bond donors (Lipinski definition) is 2. The molecular formula is C16H22N2O2. The summed E-state index contributed by atoms with van der Waals surface area (Å²) in [4.78, 5) is 12.3. The molecule has 0 bridgehead atoms. The average Bonchev–Trinajstić information content (AvgIpc) is 2.47. The SMILES string of the molecule is NC1CCCC(C(=O)Nc2ccc3c(c2)CCCO3)C1. The second-order valence-electron chi connectivity index (χ2n) is 5.89. The Morgan fingerprint density at radius 1 is 1.30 bits per heavy atom. The third-order valence-corrected chi connectivity index (χ3v) is 4.26. The molecule has 1 heterocycles. The lowest BCUT2D eigenvalue weighted by Crippen LogP contribution is -2.34. The summed E-state index contributed by atoms with van der Waals surface area (Å²) in [5.41, 5.74) is 8.01. The number of fused-ring (bicyclic) bond motifs is 1. The van der Waals surface area contributed by atoms with Crippen molar-refractivity contribution in [3.8, 4) is 5.75 Å². The maximum absolute atomic E-state index is 12.3. The van der Waals surface area contributed by atoms with Crippen LogP contribution in [0.2, 0.25) is 0 Å². The van der Waals surface area contributed by atoms with Crippen LogP contribution in [0.4, 0.5) is 5.69 Å². The van der Waals surface area contributed by atoms with Gasteiger partial charge in [0.1, 0.15) is 5.75 Å². The van der Waals surface area contributed by atoms with Crippen molar-refractivity contribution < 1.29 is 9.53 Å². The molecule has 1 saturated carbocycles. The van der Waals surface area contributed by atoms with E-state index >= 15 is 0 Å². The summed E-state index contributed by atoms with van der Waals surface area (Å²) in [6.45, 7) is 0.790. The molecule has 4 nitrogen and oxygen atoms in total. The van der Waals surface area contributed by atoms with Gasteiger partial charge in [0.15, 0.2) is 0 Å². The summed E-state index contributed by atoms with van der Waals surface area (Å²) in [5, 5.41) is 3.03. The summed E-state index contributed by atoms with van der Waals surface area (Å²) < 4.78 is 5.58. The predicted molar refractivity (Wildman–Crippen MR) is 78.8 cm³/mol. The molecule has 0 aromatic heterocycles. The molecule has 20 heavy (non-hydrogen) atoms. The van der Waals surface area contributed by atoms with E-state index in [1.54, 1.807) is 0 Å². The molecule has 0 saturated heterocycles. The summed E-state index contributed by atoms with van der Waals surface area (Å²) in [7, 11) is 0. The highest BCUT2D eigenvalue weighted by atomic mass is 16.5. The lowest BCUT2D eigenvalue weighted by molar-refractivity contribution is -0.120. The van der Waals surface area contributed by atoms with Crippen LogP contribution in [0.15, 0.2) is 18.2 Å². The van der Waals surface area contributed by atoms with E-state index in [2.05, 4.69) is 5.32 Å². The van der Waals surface area contributed by atoms with Gasteiger partial charge in [-0.1, -0.05) is 6.42 Å². The Balaban J connectivity index is 1.66. The normalized spacial score (nSPS) is 25.4. The van der Waals surface area contributed by atoms with E-state index in [4.69, 9.17) is 10.5 Å². The number of benzene rings is 1. The van der Waals surface area contributed by atoms with Gasteiger partial charge in [-0.2, -0.15) is 0 Å². The minimum atomic E-state index is 0.0611. The zero-order chi connectivity index (χ0) is 13.9. The van der Waals surface area contributed by atoms with Gasteiger partial charge in [0, 0.05) is 17.6 Å². The monoisotopic (exact) mass is 274 g/mol. The van der Waals surface area contributed by atoms with Crippen LogP contribution < -0.4 is 15.8 Å². The van der Waals surface area contributed by atoms with Crippen LogP contribution in [-0.2, 0) is 11.2 Å². The molecule has 4 heteroatoms. The van der Waals surface area contributed by atoms with Crippen molar-refractivity contribution in [2.75, 3.05) is 11.9 Å². The summed E-state index contributed by atoms with van der Waals surface area (Å²) >= 11 is 0. The van der Waals surface area contributed by atoms with E-state index in [-0.39, 0.29) is 17.9 Å². The second-order valence-corrected chi connectivity index (χ2v) is 5.89. The van der Waals surface area contributed by atoms with Crippen LogP contribution in [0.5, 0.6) is 5.75 Å². The quantitative estimate of drug-likeness (QED) is 0.870. The molecule has 1 aliphatic carbocycles. The van der Waals surface area contributed by atoms with Gasteiger partial charge in [-0.05, 0) is 55.9 Å². The molecule has 0 spiro atoms. The van der Waals surface area contributed by atoms with E-state index in [9.17, 15) is 4.79 Å². The van der Waals surface area contributed by atoms with Crippen LogP contribution in [0.1, 0.15) is 37.7 Å². The molecule has 1 aromatic carbocycles. The lowest BCUT2D eigenvalue weighted by atomic mass is 9.85. The maximum atomic E-state index is 12.3. The van der Waals surface area contributed by atoms with Gasteiger partial charge in [0.25, 0.3) is 0 Å². The van der Waals surface area contributed by atoms with Crippen molar-refractivity contribution in [2.45, 2.75) is 44.6 Å². The molecule has 2 atom stereocenters. The molecule has 1 fully saturated rings. The Labute approximate surface area is 119 Å². The topological polar surface area (TPSA) is 64.4 Å². The summed E-state index contributed by atoms with van der Waals surface area (Å²) in [5.74, 6) is 1.12. The van der Waals surface area contributed by atoms with Crippen molar-refractivity contribution in [3.05, 3.63) is 23.8 Å². The summed E-state index contributed by atoms with van der Waals surface area (Å²) in [6.07, 6.45) is 5.92. The van der Waals surface area contributed by atoms with Gasteiger partial charge in [-0.15, -0.1) is 0 Å². The Bertz CT molecular complexity index is 501. The zero-order valence-electron chi connectivity index (χ0n) is 11.7. The number of nitrogens with one attached hydrogen (secondary N) is 1. The van der Waals surface area contributed by atoms with Gasteiger partial charge in [-0.3, -0.25) is 4.79 Å². The predicted octanol–water partition coefficient (Wildman–Crippen LogP) is 2.47. The number of aryl methyl sites for hydroxylation is 1. The minimum absolute atomic E-state index is 0.0611. The lowest BCUT2D eigenvalue weighted by Gasteiger charge is -2.26. The van der Waals surface area contributed by atoms with Crippen molar-refractivity contribution in [1.29, 1.82) is 0 Å². The molecule has 2 unspecified atom stereocenters. The number of carbonyl (C=O) groups is 1. The van der Waals surface area contributed by atoms with E-state index in [0.29, 0.717) is 0 Å². The Morgan fingerprint density at radius 2 is 2.20 bits per heavy atom. The first-order chi connectivity index (χ1) is 9.72.